The lowest BCUT2D eigenvalue weighted by Crippen LogP contribution is -2.58. The molecule has 0 radical (unpaired) electrons. The summed E-state index contributed by atoms with van der Waals surface area (Å²) >= 11 is 0. The number of alkyl halides is 3. The zero-order chi connectivity index (χ0) is 25.5. The van der Waals surface area contributed by atoms with Gasteiger partial charge in [0.1, 0.15) is 18.9 Å². The number of nitrogens with zero attached hydrogens (tertiary/aromatic N) is 3. The summed E-state index contributed by atoms with van der Waals surface area (Å²) in [5.41, 5.74) is -6.00. The molecule has 1 fully saturated rings. The van der Waals surface area contributed by atoms with Crippen molar-refractivity contribution in [3.8, 4) is 0 Å². The number of halogens is 3. The van der Waals surface area contributed by atoms with Gasteiger partial charge in [0.2, 0.25) is 11.2 Å². The van der Waals surface area contributed by atoms with Crippen LogP contribution in [0.2, 0.25) is 0 Å². The van der Waals surface area contributed by atoms with Crippen molar-refractivity contribution in [2.45, 2.75) is 63.8 Å². The number of carbonyl (C=O) groups is 3. The zero-order valence-corrected chi connectivity index (χ0v) is 18.5. The van der Waals surface area contributed by atoms with E-state index in [0.717, 1.165) is 44.9 Å². The quantitative estimate of drug-likeness (QED) is 0.461. The number of aromatic amines is 1. The zero-order valence-electron chi connectivity index (χ0n) is 18.5. The van der Waals surface area contributed by atoms with Gasteiger partial charge in [-0.3, -0.25) is 19.0 Å². The van der Waals surface area contributed by atoms with Crippen molar-refractivity contribution < 1.29 is 46.5 Å². The van der Waals surface area contributed by atoms with E-state index < -0.39 is 66.2 Å². The Morgan fingerprint density at radius 2 is 1.91 bits per heavy atom. The molecule has 0 aliphatic carbocycles. The first kappa shape index (κ1) is 25.1. The first-order chi connectivity index (χ1) is 15.7. The molecule has 0 saturated carbocycles. The van der Waals surface area contributed by atoms with Crippen molar-refractivity contribution in [1.82, 2.24) is 19.5 Å². The first-order valence-electron chi connectivity index (χ1n) is 9.87. The van der Waals surface area contributed by atoms with Crippen LogP contribution in [0.1, 0.15) is 40.3 Å². The van der Waals surface area contributed by atoms with E-state index in [4.69, 9.17) is 18.9 Å². The Balaban J connectivity index is 1.98. The summed E-state index contributed by atoms with van der Waals surface area (Å²) in [5, 5.41) is 0. The van der Waals surface area contributed by atoms with Gasteiger partial charge in [0.15, 0.2) is 11.2 Å². The highest BCUT2D eigenvalue weighted by atomic mass is 19.4. The molecule has 2 aromatic heterocycles. The fourth-order valence-corrected chi connectivity index (χ4v) is 3.53. The van der Waals surface area contributed by atoms with Crippen LogP contribution in [0.3, 0.4) is 0 Å². The van der Waals surface area contributed by atoms with E-state index in [1.54, 1.807) is 0 Å². The summed E-state index contributed by atoms with van der Waals surface area (Å²) < 4.78 is 64.1. The van der Waals surface area contributed by atoms with E-state index in [0.29, 0.717) is 0 Å². The Labute approximate surface area is 189 Å². The van der Waals surface area contributed by atoms with Crippen LogP contribution in [0, 0.1) is 0 Å². The predicted molar refractivity (Wildman–Crippen MR) is 104 cm³/mol. The molecule has 3 heterocycles. The third kappa shape index (κ3) is 4.60. The minimum atomic E-state index is -5.19. The van der Waals surface area contributed by atoms with Crippen LogP contribution >= 0.6 is 0 Å². The molecule has 0 bridgehead atoms. The number of fused-ring (bicyclic) bond motifs is 1. The summed E-state index contributed by atoms with van der Waals surface area (Å²) in [6.07, 6.45) is -6.98. The third-order valence-corrected chi connectivity index (χ3v) is 5.05. The molecule has 0 unspecified atom stereocenters. The number of hydrogen-bond donors (Lipinski definition) is 1. The summed E-state index contributed by atoms with van der Waals surface area (Å²) in [5.74, 6) is -3.15. The predicted octanol–water partition coefficient (Wildman–Crippen LogP) is 1.16. The van der Waals surface area contributed by atoms with Gasteiger partial charge in [-0.2, -0.15) is 13.2 Å². The highest BCUT2D eigenvalue weighted by molar-refractivity contribution is 5.82. The number of H-pyrrole nitrogens is 1. The second-order valence-corrected chi connectivity index (χ2v) is 8.03. The standard InChI is InChI=1S/C19H21F3N4O8/c1-9(27)32-11-5-12(26-8-25-13-14(26)23-7-24-15(13)29)34-18(11,19(20,21)22)6-31-16(30)17(3,4)33-10(2)28/h7-8,11-12H,5-6H2,1-4H3,(H,23,24,29)/t11-,12+,18+/m0/s1. The van der Waals surface area contributed by atoms with Crippen LogP contribution in [-0.2, 0) is 33.3 Å². The van der Waals surface area contributed by atoms with Crippen molar-refractivity contribution in [3.63, 3.8) is 0 Å². The van der Waals surface area contributed by atoms with E-state index >= 15 is 0 Å². The second kappa shape index (κ2) is 8.70. The maximum absolute atomic E-state index is 14.4. The first-order valence-corrected chi connectivity index (χ1v) is 9.87. The molecular formula is C19H21F3N4O8. The molecule has 34 heavy (non-hydrogen) atoms. The minimum absolute atomic E-state index is 0.0683. The van der Waals surface area contributed by atoms with E-state index in [1.807, 2.05) is 0 Å². The van der Waals surface area contributed by atoms with Crippen LogP contribution < -0.4 is 5.56 Å². The molecule has 1 saturated heterocycles. The topological polar surface area (TPSA) is 152 Å². The number of hydrogen-bond acceptors (Lipinski definition) is 10. The molecule has 0 spiro atoms. The molecule has 1 N–H and O–H groups in total. The molecule has 0 aromatic carbocycles. The number of ether oxygens (including phenoxy) is 4. The Morgan fingerprint density at radius 1 is 1.24 bits per heavy atom. The molecule has 2 aromatic rings. The normalized spacial score (nSPS) is 23.0. The Bertz CT molecular complexity index is 1170. The van der Waals surface area contributed by atoms with Crippen LogP contribution in [-0.4, -0.2) is 67.5 Å². The lowest BCUT2D eigenvalue weighted by atomic mass is 9.96. The Kier molecular flexibility index (Phi) is 6.43. The number of rotatable bonds is 6. The minimum Gasteiger partial charge on any atom is -0.459 e. The van der Waals surface area contributed by atoms with Crippen molar-refractivity contribution in [3.05, 3.63) is 23.0 Å². The average molecular weight is 490 g/mol. The van der Waals surface area contributed by atoms with Crippen LogP contribution in [0.25, 0.3) is 11.2 Å². The number of aromatic nitrogens is 4. The summed E-state index contributed by atoms with van der Waals surface area (Å²) in [6, 6.07) is 0. The fraction of sp³-hybridized carbons (Fsp3) is 0.579. The number of nitrogens with one attached hydrogen (secondary N) is 1. The van der Waals surface area contributed by atoms with Gasteiger partial charge in [0, 0.05) is 20.3 Å². The molecule has 1 aliphatic heterocycles. The third-order valence-electron chi connectivity index (χ3n) is 5.05. The average Bonchev–Trinajstić information content (AvgIpc) is 3.27. The molecule has 186 valence electrons. The maximum atomic E-state index is 14.4. The van der Waals surface area contributed by atoms with E-state index in [9.17, 15) is 32.3 Å². The molecule has 0 amide bonds. The monoisotopic (exact) mass is 490 g/mol. The highest BCUT2D eigenvalue weighted by Crippen LogP contribution is 2.49. The van der Waals surface area contributed by atoms with Crippen LogP contribution in [0.4, 0.5) is 13.2 Å². The highest BCUT2D eigenvalue weighted by Gasteiger charge is 2.68. The molecule has 3 atom stereocenters. The van der Waals surface area contributed by atoms with Crippen molar-refractivity contribution in [2.75, 3.05) is 6.61 Å². The number of imidazole rings is 1. The van der Waals surface area contributed by atoms with Gasteiger partial charge < -0.3 is 23.9 Å². The van der Waals surface area contributed by atoms with Crippen molar-refractivity contribution in [1.29, 1.82) is 0 Å². The van der Waals surface area contributed by atoms with Gasteiger partial charge in [-0.25, -0.2) is 14.8 Å². The molecule has 12 nitrogen and oxygen atoms in total. The van der Waals surface area contributed by atoms with Gasteiger partial charge in [-0.15, -0.1) is 0 Å². The van der Waals surface area contributed by atoms with Gasteiger partial charge in [0.05, 0.1) is 12.7 Å². The Morgan fingerprint density at radius 3 is 2.50 bits per heavy atom. The van der Waals surface area contributed by atoms with Gasteiger partial charge >= 0.3 is 24.1 Å². The summed E-state index contributed by atoms with van der Waals surface area (Å²) in [6.45, 7) is 2.80. The lowest BCUT2D eigenvalue weighted by molar-refractivity contribution is -0.308. The van der Waals surface area contributed by atoms with Gasteiger partial charge in [-0.1, -0.05) is 0 Å². The Hall–Kier alpha value is -3.49. The fourth-order valence-electron chi connectivity index (χ4n) is 3.53. The number of esters is 3. The lowest BCUT2D eigenvalue weighted by Gasteiger charge is -2.35. The molecular weight excluding hydrogens is 469 g/mol. The van der Waals surface area contributed by atoms with Crippen LogP contribution in [0.15, 0.2) is 17.4 Å². The van der Waals surface area contributed by atoms with Gasteiger partial charge in [0.25, 0.3) is 5.56 Å². The molecule has 3 rings (SSSR count). The maximum Gasteiger partial charge on any atom is 0.424 e. The summed E-state index contributed by atoms with van der Waals surface area (Å²) in [7, 11) is 0. The van der Waals surface area contributed by atoms with Gasteiger partial charge in [-0.05, 0) is 13.8 Å². The second-order valence-electron chi connectivity index (χ2n) is 8.03. The summed E-state index contributed by atoms with van der Waals surface area (Å²) in [4.78, 5) is 57.1. The van der Waals surface area contributed by atoms with E-state index in [2.05, 4.69) is 15.0 Å². The van der Waals surface area contributed by atoms with E-state index in [1.165, 1.54) is 0 Å². The van der Waals surface area contributed by atoms with E-state index in [-0.39, 0.29) is 11.2 Å². The van der Waals surface area contributed by atoms with Crippen LogP contribution in [0.5, 0.6) is 0 Å². The smallest absolute Gasteiger partial charge is 0.424 e. The van der Waals surface area contributed by atoms with Crippen molar-refractivity contribution in [2.24, 2.45) is 0 Å². The number of carbonyl (C=O) groups excluding carboxylic acids is 3. The molecule has 1 aliphatic rings. The largest absolute Gasteiger partial charge is 0.459 e. The SMILES string of the molecule is CC(=O)O[C@H]1C[C@H](n2cnc3c(=O)[nH]cnc32)O[C@@]1(COC(=O)C(C)(C)OC(C)=O)C(F)(F)F. The molecule has 15 heteroatoms. The van der Waals surface area contributed by atoms with Crippen molar-refractivity contribution >= 4 is 29.1 Å².